The number of hydrogen-bond acceptors (Lipinski definition) is 3. The Labute approximate surface area is 124 Å². The Morgan fingerprint density at radius 2 is 2.15 bits per heavy atom. The molecular weight excluding hydrogens is 303 g/mol. The molecule has 0 atom stereocenters. The van der Waals surface area contributed by atoms with Crippen molar-refractivity contribution in [2.45, 2.75) is 13.0 Å². The topological polar surface area (TPSA) is 64.3 Å². The van der Waals surface area contributed by atoms with Crippen molar-refractivity contribution in [2.24, 2.45) is 0 Å². The SMILES string of the molecule is O=C(O)c1nn(-c2ccc(Cl)c(Cl)c2)c2c1COCC2. The number of fused-ring (bicyclic) bond motifs is 1. The molecule has 0 unspecified atom stereocenters. The third kappa shape index (κ3) is 2.18. The molecule has 1 aliphatic heterocycles. The minimum Gasteiger partial charge on any atom is -0.476 e. The molecule has 1 aromatic carbocycles. The maximum Gasteiger partial charge on any atom is 0.356 e. The minimum absolute atomic E-state index is 0.0192. The summed E-state index contributed by atoms with van der Waals surface area (Å²) in [4.78, 5) is 11.3. The van der Waals surface area contributed by atoms with Crippen LogP contribution in [0.15, 0.2) is 18.2 Å². The second-order valence-electron chi connectivity index (χ2n) is 4.39. The van der Waals surface area contributed by atoms with Gasteiger partial charge in [-0.15, -0.1) is 0 Å². The summed E-state index contributed by atoms with van der Waals surface area (Å²) in [7, 11) is 0. The van der Waals surface area contributed by atoms with Gasteiger partial charge in [0, 0.05) is 12.0 Å². The molecule has 2 aromatic rings. The van der Waals surface area contributed by atoms with Gasteiger partial charge < -0.3 is 9.84 Å². The van der Waals surface area contributed by atoms with E-state index in [-0.39, 0.29) is 12.3 Å². The van der Waals surface area contributed by atoms with E-state index in [9.17, 15) is 9.90 Å². The molecule has 2 heterocycles. The van der Waals surface area contributed by atoms with Gasteiger partial charge in [-0.3, -0.25) is 0 Å². The molecule has 0 aliphatic carbocycles. The van der Waals surface area contributed by atoms with Crippen molar-refractivity contribution < 1.29 is 14.6 Å². The van der Waals surface area contributed by atoms with Gasteiger partial charge in [0.05, 0.1) is 34.6 Å². The molecule has 0 radical (unpaired) electrons. The highest BCUT2D eigenvalue weighted by molar-refractivity contribution is 6.42. The summed E-state index contributed by atoms with van der Waals surface area (Å²) >= 11 is 11.9. The van der Waals surface area contributed by atoms with E-state index in [0.717, 1.165) is 5.69 Å². The van der Waals surface area contributed by atoms with Crippen LogP contribution in [0.25, 0.3) is 5.69 Å². The molecule has 5 nitrogen and oxygen atoms in total. The molecule has 0 saturated heterocycles. The van der Waals surface area contributed by atoms with Gasteiger partial charge >= 0.3 is 5.97 Å². The van der Waals surface area contributed by atoms with Gasteiger partial charge in [0.15, 0.2) is 5.69 Å². The molecule has 1 aromatic heterocycles. The molecule has 7 heteroatoms. The van der Waals surface area contributed by atoms with E-state index in [0.29, 0.717) is 34.3 Å². The molecule has 0 bridgehead atoms. The van der Waals surface area contributed by atoms with Crippen molar-refractivity contribution in [3.05, 3.63) is 45.2 Å². The first kappa shape index (κ1) is 13.4. The van der Waals surface area contributed by atoms with Crippen molar-refractivity contribution in [1.82, 2.24) is 9.78 Å². The number of carbonyl (C=O) groups is 1. The fourth-order valence-electron chi connectivity index (χ4n) is 2.24. The van der Waals surface area contributed by atoms with Gasteiger partial charge in [0.1, 0.15) is 0 Å². The van der Waals surface area contributed by atoms with Crippen LogP contribution in [0.4, 0.5) is 0 Å². The Hall–Kier alpha value is -1.56. The first-order valence-electron chi connectivity index (χ1n) is 5.95. The molecule has 3 rings (SSSR count). The number of aromatic nitrogens is 2. The van der Waals surface area contributed by atoms with Crippen LogP contribution in [0.3, 0.4) is 0 Å². The summed E-state index contributed by atoms with van der Waals surface area (Å²) in [5, 5.41) is 14.2. The number of hydrogen-bond donors (Lipinski definition) is 1. The number of aromatic carboxylic acids is 1. The summed E-state index contributed by atoms with van der Waals surface area (Å²) in [5.41, 5.74) is 2.16. The van der Waals surface area contributed by atoms with Crippen LogP contribution in [0.2, 0.25) is 10.0 Å². The van der Waals surface area contributed by atoms with Crippen LogP contribution in [0.1, 0.15) is 21.7 Å². The Balaban J connectivity index is 2.18. The Kier molecular flexibility index (Phi) is 3.41. The molecular formula is C13H10Cl2N2O3. The first-order chi connectivity index (χ1) is 9.58. The van der Waals surface area contributed by atoms with Crippen molar-refractivity contribution >= 4 is 29.2 Å². The third-order valence-corrected chi connectivity index (χ3v) is 3.91. The average molecular weight is 313 g/mol. The lowest BCUT2D eigenvalue weighted by Crippen LogP contribution is -2.13. The fraction of sp³-hybridized carbons (Fsp3) is 0.231. The van der Waals surface area contributed by atoms with Crippen molar-refractivity contribution in [1.29, 1.82) is 0 Å². The molecule has 0 saturated carbocycles. The van der Waals surface area contributed by atoms with Gasteiger partial charge in [-0.05, 0) is 18.2 Å². The predicted octanol–water partition coefficient (Wildman–Crippen LogP) is 2.95. The van der Waals surface area contributed by atoms with Crippen molar-refractivity contribution in [3.63, 3.8) is 0 Å². The van der Waals surface area contributed by atoms with E-state index >= 15 is 0 Å². The number of carboxylic acids is 1. The molecule has 1 N–H and O–H groups in total. The second kappa shape index (κ2) is 5.09. The summed E-state index contributed by atoms with van der Waals surface area (Å²) < 4.78 is 6.92. The largest absolute Gasteiger partial charge is 0.476 e. The molecule has 20 heavy (non-hydrogen) atoms. The Bertz CT molecular complexity index is 697. The van der Waals surface area contributed by atoms with Gasteiger partial charge in [0.2, 0.25) is 0 Å². The van der Waals surface area contributed by atoms with Crippen LogP contribution in [0, 0.1) is 0 Å². The minimum atomic E-state index is -1.06. The van der Waals surface area contributed by atoms with E-state index in [4.69, 9.17) is 27.9 Å². The summed E-state index contributed by atoms with van der Waals surface area (Å²) in [6.07, 6.45) is 0.607. The zero-order valence-electron chi connectivity index (χ0n) is 10.3. The van der Waals surface area contributed by atoms with Crippen LogP contribution < -0.4 is 0 Å². The average Bonchev–Trinajstić information content (AvgIpc) is 2.82. The monoisotopic (exact) mass is 312 g/mol. The quantitative estimate of drug-likeness (QED) is 0.926. The zero-order valence-corrected chi connectivity index (χ0v) is 11.8. The first-order valence-corrected chi connectivity index (χ1v) is 6.70. The Morgan fingerprint density at radius 3 is 2.85 bits per heavy atom. The summed E-state index contributed by atoms with van der Waals surface area (Å²) in [5.74, 6) is -1.06. The lowest BCUT2D eigenvalue weighted by Gasteiger charge is -2.15. The van der Waals surface area contributed by atoms with E-state index in [1.165, 1.54) is 0 Å². The highest BCUT2D eigenvalue weighted by Gasteiger charge is 2.25. The number of rotatable bonds is 2. The van der Waals surface area contributed by atoms with Crippen LogP contribution >= 0.6 is 23.2 Å². The molecule has 1 aliphatic rings. The van der Waals surface area contributed by atoms with Gasteiger partial charge in [0.25, 0.3) is 0 Å². The molecule has 0 fully saturated rings. The van der Waals surface area contributed by atoms with E-state index < -0.39 is 5.97 Å². The second-order valence-corrected chi connectivity index (χ2v) is 5.21. The highest BCUT2D eigenvalue weighted by atomic mass is 35.5. The lowest BCUT2D eigenvalue weighted by molar-refractivity contribution is 0.0677. The van der Waals surface area contributed by atoms with Crippen LogP contribution in [-0.2, 0) is 17.8 Å². The van der Waals surface area contributed by atoms with Gasteiger partial charge in [-0.1, -0.05) is 23.2 Å². The fourth-order valence-corrected chi connectivity index (χ4v) is 2.53. The number of benzene rings is 1. The molecule has 0 amide bonds. The molecule has 0 spiro atoms. The number of ether oxygens (including phenoxy) is 1. The summed E-state index contributed by atoms with van der Waals surface area (Å²) in [6, 6.07) is 5.08. The van der Waals surface area contributed by atoms with E-state index in [1.807, 2.05) is 0 Å². The maximum absolute atomic E-state index is 11.3. The van der Waals surface area contributed by atoms with Crippen LogP contribution in [0.5, 0.6) is 0 Å². The maximum atomic E-state index is 11.3. The van der Waals surface area contributed by atoms with Crippen molar-refractivity contribution in [3.8, 4) is 5.69 Å². The van der Waals surface area contributed by atoms with Gasteiger partial charge in [-0.25, -0.2) is 9.48 Å². The van der Waals surface area contributed by atoms with E-state index in [2.05, 4.69) is 5.10 Å². The van der Waals surface area contributed by atoms with Crippen molar-refractivity contribution in [2.75, 3.05) is 6.61 Å². The summed E-state index contributed by atoms with van der Waals surface area (Å²) in [6.45, 7) is 0.803. The standard InChI is InChI=1S/C13H10Cl2N2O3/c14-9-2-1-7(5-10(9)15)17-11-3-4-20-6-8(11)12(16-17)13(18)19/h1-2,5H,3-4,6H2,(H,18,19). The number of halogens is 2. The highest BCUT2D eigenvalue weighted by Crippen LogP contribution is 2.28. The Morgan fingerprint density at radius 1 is 1.35 bits per heavy atom. The normalized spacial score (nSPS) is 14.1. The number of nitrogens with zero attached hydrogens (tertiary/aromatic N) is 2. The molecule has 104 valence electrons. The van der Waals surface area contributed by atoms with Crippen LogP contribution in [-0.4, -0.2) is 27.5 Å². The number of carboxylic acid groups (broad SMARTS) is 1. The zero-order chi connectivity index (χ0) is 14.3. The third-order valence-electron chi connectivity index (χ3n) is 3.17. The predicted molar refractivity (Wildman–Crippen MR) is 73.9 cm³/mol. The van der Waals surface area contributed by atoms with E-state index in [1.54, 1.807) is 22.9 Å². The smallest absolute Gasteiger partial charge is 0.356 e. The lowest BCUT2D eigenvalue weighted by atomic mass is 10.1. The van der Waals surface area contributed by atoms with Gasteiger partial charge in [-0.2, -0.15) is 5.10 Å².